The number of pyridine rings is 1. The molecular formula is C14H16BrN3. The summed E-state index contributed by atoms with van der Waals surface area (Å²) in [5.41, 5.74) is 8.04. The number of nitrogens with two attached hydrogens (primary N) is 1. The minimum atomic E-state index is 0.577. The van der Waals surface area contributed by atoms with Crippen molar-refractivity contribution < 1.29 is 0 Å². The summed E-state index contributed by atoms with van der Waals surface area (Å²) in [6, 6.07) is 12.3. The number of anilines is 1. The fourth-order valence-corrected chi connectivity index (χ4v) is 2.04. The second kappa shape index (κ2) is 5.98. The van der Waals surface area contributed by atoms with Gasteiger partial charge in [-0.3, -0.25) is 0 Å². The van der Waals surface area contributed by atoms with Crippen LogP contribution in [0.5, 0.6) is 0 Å². The molecule has 3 nitrogen and oxygen atoms in total. The van der Waals surface area contributed by atoms with Gasteiger partial charge < -0.3 is 10.6 Å². The molecule has 1 aromatic heterocycles. The van der Waals surface area contributed by atoms with E-state index in [2.05, 4.69) is 37.9 Å². The number of aromatic nitrogens is 1. The Labute approximate surface area is 116 Å². The van der Waals surface area contributed by atoms with Crippen LogP contribution >= 0.6 is 15.9 Å². The Hall–Kier alpha value is -1.39. The Bertz CT molecular complexity index is 511. The van der Waals surface area contributed by atoms with Crippen LogP contribution in [0.1, 0.15) is 11.1 Å². The predicted octanol–water partition coefficient (Wildman–Crippen LogP) is 2.94. The first-order valence-electron chi connectivity index (χ1n) is 5.79. The molecule has 0 bridgehead atoms. The van der Waals surface area contributed by atoms with Crippen LogP contribution in [0, 0.1) is 0 Å². The fraction of sp³-hybridized carbons (Fsp3) is 0.214. The maximum Gasteiger partial charge on any atom is 0.128 e. The molecule has 2 N–H and O–H groups in total. The molecule has 0 aliphatic rings. The number of hydrogen-bond acceptors (Lipinski definition) is 3. The SMILES string of the molecule is CN(Cc1cccc(CN)c1)c1ccc(Br)cn1. The van der Waals surface area contributed by atoms with Crippen molar-refractivity contribution in [3.63, 3.8) is 0 Å². The minimum Gasteiger partial charge on any atom is -0.355 e. The van der Waals surface area contributed by atoms with Crippen molar-refractivity contribution in [3.8, 4) is 0 Å². The first kappa shape index (κ1) is 13.1. The lowest BCUT2D eigenvalue weighted by Gasteiger charge is -2.18. The molecule has 0 fully saturated rings. The molecule has 2 rings (SSSR count). The highest BCUT2D eigenvalue weighted by atomic mass is 79.9. The average Bonchev–Trinajstić information content (AvgIpc) is 2.39. The van der Waals surface area contributed by atoms with Gasteiger partial charge in [-0.1, -0.05) is 24.3 Å². The van der Waals surface area contributed by atoms with E-state index in [-0.39, 0.29) is 0 Å². The van der Waals surface area contributed by atoms with Gasteiger partial charge in [0.05, 0.1) is 0 Å². The van der Waals surface area contributed by atoms with E-state index in [0.717, 1.165) is 22.4 Å². The van der Waals surface area contributed by atoms with Crippen molar-refractivity contribution >= 4 is 21.7 Å². The van der Waals surface area contributed by atoms with Crippen molar-refractivity contribution in [3.05, 3.63) is 58.2 Å². The molecular weight excluding hydrogens is 290 g/mol. The van der Waals surface area contributed by atoms with Crippen molar-refractivity contribution in [1.29, 1.82) is 0 Å². The third-order valence-electron chi connectivity index (χ3n) is 2.75. The van der Waals surface area contributed by atoms with Gasteiger partial charge in [-0.05, 0) is 39.2 Å². The summed E-state index contributed by atoms with van der Waals surface area (Å²) in [6.07, 6.45) is 1.81. The Morgan fingerprint density at radius 2 is 2.00 bits per heavy atom. The molecule has 0 atom stereocenters. The molecule has 0 radical (unpaired) electrons. The van der Waals surface area contributed by atoms with Crippen LogP contribution in [0.15, 0.2) is 47.1 Å². The van der Waals surface area contributed by atoms with Crippen LogP contribution in [-0.4, -0.2) is 12.0 Å². The van der Waals surface area contributed by atoms with Crippen LogP contribution in [0.25, 0.3) is 0 Å². The first-order chi connectivity index (χ1) is 8.69. The normalized spacial score (nSPS) is 10.4. The molecule has 0 saturated carbocycles. The van der Waals surface area contributed by atoms with Crippen molar-refractivity contribution in [2.24, 2.45) is 5.73 Å². The van der Waals surface area contributed by atoms with Gasteiger partial charge in [0.1, 0.15) is 5.82 Å². The average molecular weight is 306 g/mol. The van der Waals surface area contributed by atoms with E-state index < -0.39 is 0 Å². The molecule has 2 aromatic rings. The summed E-state index contributed by atoms with van der Waals surface area (Å²) in [5.74, 6) is 0.955. The Morgan fingerprint density at radius 1 is 1.22 bits per heavy atom. The van der Waals surface area contributed by atoms with E-state index in [0.29, 0.717) is 6.54 Å². The van der Waals surface area contributed by atoms with Crippen LogP contribution in [0.3, 0.4) is 0 Å². The lowest BCUT2D eigenvalue weighted by Crippen LogP contribution is -2.17. The predicted molar refractivity (Wildman–Crippen MR) is 78.4 cm³/mol. The van der Waals surface area contributed by atoms with Gasteiger partial charge in [-0.2, -0.15) is 0 Å². The quantitative estimate of drug-likeness (QED) is 0.944. The highest BCUT2D eigenvalue weighted by Gasteiger charge is 2.03. The smallest absolute Gasteiger partial charge is 0.128 e. The standard InChI is InChI=1S/C14H16BrN3/c1-18(14-6-5-13(15)9-17-14)10-12-4-2-3-11(7-12)8-16/h2-7,9H,8,10,16H2,1H3. The molecule has 1 heterocycles. The monoisotopic (exact) mass is 305 g/mol. The van der Waals surface area contributed by atoms with E-state index in [1.165, 1.54) is 5.56 Å². The second-order valence-corrected chi connectivity index (χ2v) is 5.13. The molecule has 94 valence electrons. The second-order valence-electron chi connectivity index (χ2n) is 4.21. The van der Waals surface area contributed by atoms with Crippen LogP contribution in [0.2, 0.25) is 0 Å². The van der Waals surface area contributed by atoms with E-state index in [1.54, 1.807) is 0 Å². The number of nitrogens with zero attached hydrogens (tertiary/aromatic N) is 2. The molecule has 0 aliphatic heterocycles. The molecule has 4 heteroatoms. The van der Waals surface area contributed by atoms with Crippen LogP contribution < -0.4 is 10.6 Å². The molecule has 18 heavy (non-hydrogen) atoms. The Kier molecular flexibility index (Phi) is 4.33. The zero-order chi connectivity index (χ0) is 13.0. The molecule has 0 spiro atoms. The largest absolute Gasteiger partial charge is 0.355 e. The molecule has 0 aliphatic carbocycles. The summed E-state index contributed by atoms with van der Waals surface area (Å²) >= 11 is 3.39. The lowest BCUT2D eigenvalue weighted by molar-refractivity contribution is 0.893. The zero-order valence-electron chi connectivity index (χ0n) is 10.3. The van der Waals surface area contributed by atoms with Crippen LogP contribution in [0.4, 0.5) is 5.82 Å². The number of halogens is 1. The summed E-state index contributed by atoms with van der Waals surface area (Å²) in [6.45, 7) is 1.40. The lowest BCUT2D eigenvalue weighted by atomic mass is 10.1. The van der Waals surface area contributed by atoms with E-state index in [9.17, 15) is 0 Å². The third-order valence-corrected chi connectivity index (χ3v) is 3.22. The van der Waals surface area contributed by atoms with Gasteiger partial charge in [-0.15, -0.1) is 0 Å². The zero-order valence-corrected chi connectivity index (χ0v) is 11.9. The summed E-state index contributed by atoms with van der Waals surface area (Å²) in [7, 11) is 2.03. The molecule has 0 unspecified atom stereocenters. The maximum atomic E-state index is 5.65. The van der Waals surface area contributed by atoms with Gasteiger partial charge in [0.25, 0.3) is 0 Å². The van der Waals surface area contributed by atoms with Crippen molar-refractivity contribution in [2.45, 2.75) is 13.1 Å². The van der Waals surface area contributed by atoms with Gasteiger partial charge in [0.2, 0.25) is 0 Å². The van der Waals surface area contributed by atoms with Gasteiger partial charge in [0, 0.05) is 30.8 Å². The number of rotatable bonds is 4. The number of benzene rings is 1. The molecule has 0 saturated heterocycles. The molecule has 1 aromatic carbocycles. The Balaban J connectivity index is 2.10. The van der Waals surface area contributed by atoms with E-state index in [4.69, 9.17) is 5.73 Å². The summed E-state index contributed by atoms with van der Waals surface area (Å²) < 4.78 is 0.991. The summed E-state index contributed by atoms with van der Waals surface area (Å²) in [4.78, 5) is 6.48. The minimum absolute atomic E-state index is 0.577. The van der Waals surface area contributed by atoms with Gasteiger partial charge >= 0.3 is 0 Å². The number of hydrogen-bond donors (Lipinski definition) is 1. The highest BCUT2D eigenvalue weighted by molar-refractivity contribution is 9.10. The van der Waals surface area contributed by atoms with Crippen molar-refractivity contribution in [1.82, 2.24) is 4.98 Å². The third kappa shape index (κ3) is 3.31. The maximum absolute atomic E-state index is 5.65. The van der Waals surface area contributed by atoms with E-state index in [1.807, 2.05) is 37.5 Å². The summed E-state index contributed by atoms with van der Waals surface area (Å²) in [5, 5.41) is 0. The first-order valence-corrected chi connectivity index (χ1v) is 6.59. The fourth-order valence-electron chi connectivity index (χ4n) is 1.80. The van der Waals surface area contributed by atoms with E-state index >= 15 is 0 Å². The van der Waals surface area contributed by atoms with Gasteiger partial charge in [0.15, 0.2) is 0 Å². The van der Waals surface area contributed by atoms with Crippen molar-refractivity contribution in [2.75, 3.05) is 11.9 Å². The van der Waals surface area contributed by atoms with Crippen LogP contribution in [-0.2, 0) is 13.1 Å². The highest BCUT2D eigenvalue weighted by Crippen LogP contribution is 2.16. The molecule has 0 amide bonds. The van der Waals surface area contributed by atoms with Gasteiger partial charge in [-0.25, -0.2) is 4.98 Å². The topological polar surface area (TPSA) is 42.1 Å². The Morgan fingerprint density at radius 3 is 2.67 bits per heavy atom.